The number of piperazine rings is 1. The molecule has 21 heavy (non-hydrogen) atoms. The quantitative estimate of drug-likeness (QED) is 0.901. The van der Waals surface area contributed by atoms with E-state index in [0.717, 1.165) is 18.9 Å². The Balaban J connectivity index is 1.60. The zero-order chi connectivity index (χ0) is 14.4. The topological polar surface area (TPSA) is 58.3 Å². The molecule has 0 amide bonds. The number of likely N-dealkylation sites (N-methyl/N-ethyl adjacent to an activating group) is 1. The SMILES string of the molecule is CN1C2CCC1CN(c1cc(C3CCCC3)nc(N)n1)C2. The van der Waals surface area contributed by atoms with Gasteiger partial charge in [-0.15, -0.1) is 0 Å². The van der Waals surface area contributed by atoms with Gasteiger partial charge < -0.3 is 10.6 Å². The number of nitrogens with two attached hydrogens (primary N) is 1. The van der Waals surface area contributed by atoms with E-state index in [1.165, 1.54) is 44.2 Å². The lowest BCUT2D eigenvalue weighted by molar-refractivity contribution is 0.212. The fourth-order valence-electron chi connectivity index (χ4n) is 4.36. The van der Waals surface area contributed by atoms with E-state index in [-0.39, 0.29) is 0 Å². The molecule has 4 rings (SSSR count). The lowest BCUT2D eigenvalue weighted by Crippen LogP contribution is -2.52. The molecule has 0 aromatic carbocycles. The number of anilines is 2. The van der Waals surface area contributed by atoms with E-state index < -0.39 is 0 Å². The summed E-state index contributed by atoms with van der Waals surface area (Å²) in [6.45, 7) is 2.15. The van der Waals surface area contributed by atoms with Crippen LogP contribution in [-0.2, 0) is 0 Å². The predicted molar refractivity (Wildman–Crippen MR) is 84.4 cm³/mol. The highest BCUT2D eigenvalue weighted by Crippen LogP contribution is 2.36. The van der Waals surface area contributed by atoms with Crippen LogP contribution in [0.5, 0.6) is 0 Å². The van der Waals surface area contributed by atoms with Crippen molar-refractivity contribution < 1.29 is 0 Å². The van der Waals surface area contributed by atoms with Crippen LogP contribution in [0.25, 0.3) is 0 Å². The zero-order valence-corrected chi connectivity index (χ0v) is 12.8. The molecule has 2 atom stereocenters. The van der Waals surface area contributed by atoms with Crippen molar-refractivity contribution in [3.05, 3.63) is 11.8 Å². The first kappa shape index (κ1) is 13.3. The van der Waals surface area contributed by atoms with E-state index in [4.69, 9.17) is 5.73 Å². The molecular formula is C16H25N5. The van der Waals surface area contributed by atoms with E-state index in [0.29, 0.717) is 23.9 Å². The lowest BCUT2D eigenvalue weighted by Gasteiger charge is -2.39. The van der Waals surface area contributed by atoms with Gasteiger partial charge in [0.2, 0.25) is 5.95 Å². The van der Waals surface area contributed by atoms with Gasteiger partial charge in [-0.3, -0.25) is 4.90 Å². The van der Waals surface area contributed by atoms with Gasteiger partial charge in [-0.1, -0.05) is 12.8 Å². The van der Waals surface area contributed by atoms with Crippen LogP contribution in [0.15, 0.2) is 6.07 Å². The molecule has 1 aromatic heterocycles. The van der Waals surface area contributed by atoms with Gasteiger partial charge in [0.25, 0.3) is 0 Å². The normalized spacial score (nSPS) is 30.2. The average Bonchev–Trinajstić information content (AvgIpc) is 3.05. The summed E-state index contributed by atoms with van der Waals surface area (Å²) < 4.78 is 0. The Morgan fingerprint density at radius 2 is 1.71 bits per heavy atom. The summed E-state index contributed by atoms with van der Waals surface area (Å²) in [7, 11) is 2.26. The molecule has 2 saturated heterocycles. The summed E-state index contributed by atoms with van der Waals surface area (Å²) in [4.78, 5) is 14.0. The average molecular weight is 287 g/mol. The largest absolute Gasteiger partial charge is 0.368 e. The van der Waals surface area contributed by atoms with E-state index in [2.05, 4.69) is 32.9 Å². The van der Waals surface area contributed by atoms with Gasteiger partial charge in [0.15, 0.2) is 0 Å². The van der Waals surface area contributed by atoms with Crippen molar-refractivity contribution in [2.75, 3.05) is 30.8 Å². The van der Waals surface area contributed by atoms with Crippen LogP contribution in [0.1, 0.15) is 50.1 Å². The molecule has 114 valence electrons. The third kappa shape index (κ3) is 2.37. The van der Waals surface area contributed by atoms with E-state index >= 15 is 0 Å². The van der Waals surface area contributed by atoms with E-state index in [1.807, 2.05) is 0 Å². The molecule has 3 heterocycles. The van der Waals surface area contributed by atoms with Crippen LogP contribution in [-0.4, -0.2) is 47.1 Å². The minimum atomic E-state index is 0.445. The number of fused-ring (bicyclic) bond motifs is 2. The first-order valence-electron chi connectivity index (χ1n) is 8.32. The van der Waals surface area contributed by atoms with Crippen LogP contribution in [0.4, 0.5) is 11.8 Å². The van der Waals surface area contributed by atoms with Gasteiger partial charge in [0, 0.05) is 37.2 Å². The van der Waals surface area contributed by atoms with Crippen molar-refractivity contribution in [3.8, 4) is 0 Å². The van der Waals surface area contributed by atoms with Crippen LogP contribution in [0, 0.1) is 0 Å². The summed E-state index contributed by atoms with van der Waals surface area (Å²) in [5, 5.41) is 0. The van der Waals surface area contributed by atoms with Crippen LogP contribution >= 0.6 is 0 Å². The summed E-state index contributed by atoms with van der Waals surface area (Å²) in [6, 6.07) is 3.56. The van der Waals surface area contributed by atoms with Gasteiger partial charge in [-0.25, -0.2) is 4.98 Å². The maximum absolute atomic E-state index is 5.99. The maximum Gasteiger partial charge on any atom is 0.222 e. The first-order valence-corrected chi connectivity index (χ1v) is 8.32. The molecule has 3 aliphatic rings. The standard InChI is InChI=1S/C16H25N5/c1-20-12-6-7-13(20)10-21(9-12)15-8-14(18-16(17)19-15)11-4-2-3-5-11/h8,11-13H,2-7,9-10H2,1H3,(H2,17,18,19). The third-order valence-electron chi connectivity index (χ3n) is 5.69. The fraction of sp³-hybridized carbons (Fsp3) is 0.750. The maximum atomic E-state index is 5.99. The van der Waals surface area contributed by atoms with Crippen molar-refractivity contribution in [1.29, 1.82) is 0 Å². The Labute approximate surface area is 126 Å². The molecule has 3 fully saturated rings. The smallest absolute Gasteiger partial charge is 0.222 e. The molecule has 5 nitrogen and oxygen atoms in total. The van der Waals surface area contributed by atoms with Crippen LogP contribution < -0.4 is 10.6 Å². The number of nitrogens with zero attached hydrogens (tertiary/aromatic N) is 4. The molecule has 2 N–H and O–H groups in total. The Bertz CT molecular complexity index is 511. The highest BCUT2D eigenvalue weighted by molar-refractivity contribution is 5.45. The highest BCUT2D eigenvalue weighted by atomic mass is 15.3. The predicted octanol–water partition coefficient (Wildman–Crippen LogP) is 2.00. The Hall–Kier alpha value is -1.36. The Morgan fingerprint density at radius 1 is 1.05 bits per heavy atom. The molecular weight excluding hydrogens is 262 g/mol. The molecule has 5 heteroatoms. The molecule has 0 radical (unpaired) electrons. The first-order chi connectivity index (χ1) is 10.2. The molecule has 0 spiro atoms. The van der Waals surface area contributed by atoms with Crippen molar-refractivity contribution >= 4 is 11.8 Å². The van der Waals surface area contributed by atoms with Gasteiger partial charge in [-0.05, 0) is 32.7 Å². The van der Waals surface area contributed by atoms with Crippen molar-refractivity contribution in [1.82, 2.24) is 14.9 Å². The minimum Gasteiger partial charge on any atom is -0.368 e. The fourth-order valence-corrected chi connectivity index (χ4v) is 4.36. The summed E-state index contributed by atoms with van der Waals surface area (Å²) >= 11 is 0. The van der Waals surface area contributed by atoms with Gasteiger partial charge in [-0.2, -0.15) is 4.98 Å². The molecule has 2 unspecified atom stereocenters. The molecule has 1 aliphatic carbocycles. The number of rotatable bonds is 2. The lowest BCUT2D eigenvalue weighted by atomic mass is 10.0. The zero-order valence-electron chi connectivity index (χ0n) is 12.8. The van der Waals surface area contributed by atoms with E-state index in [1.54, 1.807) is 0 Å². The summed E-state index contributed by atoms with van der Waals surface area (Å²) in [5.74, 6) is 2.09. The minimum absolute atomic E-state index is 0.445. The second-order valence-corrected chi connectivity index (χ2v) is 6.95. The number of nitrogen functional groups attached to an aromatic ring is 1. The molecule has 2 aliphatic heterocycles. The molecule has 1 saturated carbocycles. The molecule has 1 aromatic rings. The van der Waals surface area contributed by atoms with Gasteiger partial charge in [0.1, 0.15) is 5.82 Å². The number of hydrogen-bond acceptors (Lipinski definition) is 5. The number of hydrogen-bond donors (Lipinski definition) is 1. The van der Waals surface area contributed by atoms with Gasteiger partial charge in [0.05, 0.1) is 5.69 Å². The molecule has 2 bridgehead atoms. The third-order valence-corrected chi connectivity index (χ3v) is 5.69. The summed E-state index contributed by atoms with van der Waals surface area (Å²) in [6.07, 6.45) is 7.78. The van der Waals surface area contributed by atoms with E-state index in [9.17, 15) is 0 Å². The van der Waals surface area contributed by atoms with Crippen molar-refractivity contribution in [2.24, 2.45) is 0 Å². The monoisotopic (exact) mass is 287 g/mol. The second-order valence-electron chi connectivity index (χ2n) is 6.95. The van der Waals surface area contributed by atoms with Crippen molar-refractivity contribution in [3.63, 3.8) is 0 Å². The number of aromatic nitrogens is 2. The Kier molecular flexibility index (Phi) is 3.25. The Morgan fingerprint density at radius 3 is 2.38 bits per heavy atom. The highest BCUT2D eigenvalue weighted by Gasteiger charge is 2.38. The summed E-state index contributed by atoms with van der Waals surface area (Å²) in [5.41, 5.74) is 7.15. The van der Waals surface area contributed by atoms with Gasteiger partial charge >= 0.3 is 0 Å². The second kappa shape index (κ2) is 5.13. The van der Waals surface area contributed by atoms with Crippen LogP contribution in [0.3, 0.4) is 0 Å². The van der Waals surface area contributed by atoms with Crippen molar-refractivity contribution in [2.45, 2.75) is 56.5 Å². The van der Waals surface area contributed by atoms with Crippen LogP contribution in [0.2, 0.25) is 0 Å².